The van der Waals surface area contributed by atoms with E-state index in [1.165, 1.54) is 17.5 Å². The van der Waals surface area contributed by atoms with Crippen LogP contribution in [0.4, 0.5) is 5.69 Å². The lowest BCUT2D eigenvalue weighted by Gasteiger charge is -2.18. The maximum Gasteiger partial charge on any atom is 0.171 e. The van der Waals surface area contributed by atoms with Gasteiger partial charge in [-0.15, -0.1) is 0 Å². The minimum Gasteiger partial charge on any atom is -0.497 e. The van der Waals surface area contributed by atoms with Crippen LogP contribution in [0.2, 0.25) is 0 Å². The number of ether oxygens (including phenoxy) is 1. The highest BCUT2D eigenvalue weighted by atomic mass is 32.1. The van der Waals surface area contributed by atoms with Crippen molar-refractivity contribution in [2.24, 2.45) is 0 Å². The van der Waals surface area contributed by atoms with Crippen molar-refractivity contribution in [3.8, 4) is 5.75 Å². The van der Waals surface area contributed by atoms with Gasteiger partial charge in [0, 0.05) is 11.8 Å². The Hall–Kier alpha value is -2.07. The van der Waals surface area contributed by atoms with Crippen LogP contribution in [0.15, 0.2) is 48.5 Å². The second-order valence-electron chi connectivity index (χ2n) is 5.54. The summed E-state index contributed by atoms with van der Waals surface area (Å²) in [5.74, 6) is 0.803. The minimum atomic E-state index is 0.149. The van der Waals surface area contributed by atoms with Gasteiger partial charge >= 0.3 is 0 Å². The third-order valence-corrected chi connectivity index (χ3v) is 3.91. The Morgan fingerprint density at radius 1 is 1.17 bits per heavy atom. The molecule has 0 heterocycles. The van der Waals surface area contributed by atoms with Crippen LogP contribution in [0.25, 0.3) is 0 Å². The van der Waals surface area contributed by atoms with Crippen molar-refractivity contribution in [2.45, 2.75) is 32.7 Å². The molecule has 0 aliphatic carbocycles. The van der Waals surface area contributed by atoms with E-state index in [0.29, 0.717) is 5.11 Å². The van der Waals surface area contributed by atoms with Crippen molar-refractivity contribution in [1.82, 2.24) is 5.32 Å². The smallest absolute Gasteiger partial charge is 0.171 e. The molecule has 0 saturated heterocycles. The van der Waals surface area contributed by atoms with Gasteiger partial charge in [0.15, 0.2) is 5.11 Å². The number of methoxy groups -OCH3 is 1. The molecule has 0 amide bonds. The number of rotatable bonds is 6. The number of hydrogen-bond donors (Lipinski definition) is 2. The fraction of sp³-hybridized carbons (Fsp3) is 0.316. The van der Waals surface area contributed by atoms with Gasteiger partial charge in [-0.3, -0.25) is 0 Å². The lowest BCUT2D eigenvalue weighted by molar-refractivity contribution is 0.415. The minimum absolute atomic E-state index is 0.149. The molecule has 2 aromatic rings. The molecular formula is C19H24N2OS. The molecule has 122 valence electrons. The Kier molecular flexibility index (Phi) is 6.41. The van der Waals surface area contributed by atoms with Crippen molar-refractivity contribution in [3.63, 3.8) is 0 Å². The van der Waals surface area contributed by atoms with E-state index in [4.69, 9.17) is 17.0 Å². The summed E-state index contributed by atoms with van der Waals surface area (Å²) in [6.45, 7) is 4.30. The molecule has 4 heteroatoms. The van der Waals surface area contributed by atoms with Gasteiger partial charge in [-0.05, 0) is 48.8 Å². The van der Waals surface area contributed by atoms with Gasteiger partial charge in [0.2, 0.25) is 0 Å². The van der Waals surface area contributed by atoms with Crippen LogP contribution < -0.4 is 15.4 Å². The number of aryl methyl sites for hydroxylation is 1. The Bertz CT molecular complexity index is 640. The molecule has 1 atom stereocenters. The standard InChI is InChI=1S/C19H24N2OS/c1-4-6-15-9-11-16(12-10-15)14(2)20-19(23)21-17-7-5-8-18(13-17)22-3/h5,7-14H,4,6H2,1-3H3,(H2,20,21,23). The van der Waals surface area contributed by atoms with E-state index in [9.17, 15) is 0 Å². The molecule has 0 spiro atoms. The van der Waals surface area contributed by atoms with E-state index in [-0.39, 0.29) is 6.04 Å². The van der Waals surface area contributed by atoms with Crippen LogP contribution in [0.3, 0.4) is 0 Å². The quantitative estimate of drug-likeness (QED) is 0.753. The zero-order valence-electron chi connectivity index (χ0n) is 13.9. The number of hydrogen-bond acceptors (Lipinski definition) is 2. The monoisotopic (exact) mass is 328 g/mol. The van der Waals surface area contributed by atoms with E-state index in [1.54, 1.807) is 7.11 Å². The van der Waals surface area contributed by atoms with E-state index in [2.05, 4.69) is 48.7 Å². The Morgan fingerprint density at radius 3 is 2.57 bits per heavy atom. The molecule has 1 unspecified atom stereocenters. The van der Waals surface area contributed by atoms with E-state index in [0.717, 1.165) is 17.9 Å². The Morgan fingerprint density at radius 2 is 1.91 bits per heavy atom. The molecule has 0 aliphatic heterocycles. The number of benzene rings is 2. The maximum atomic E-state index is 5.40. The molecule has 2 aromatic carbocycles. The lowest BCUT2D eigenvalue weighted by atomic mass is 10.0. The summed E-state index contributed by atoms with van der Waals surface area (Å²) >= 11 is 5.40. The van der Waals surface area contributed by atoms with Gasteiger partial charge in [-0.2, -0.15) is 0 Å². The number of nitrogens with one attached hydrogen (secondary N) is 2. The second kappa shape index (κ2) is 8.53. The lowest BCUT2D eigenvalue weighted by Crippen LogP contribution is -2.30. The molecule has 23 heavy (non-hydrogen) atoms. The second-order valence-corrected chi connectivity index (χ2v) is 5.95. The number of anilines is 1. The van der Waals surface area contributed by atoms with Crippen molar-refractivity contribution in [2.75, 3.05) is 12.4 Å². The third-order valence-electron chi connectivity index (χ3n) is 3.69. The molecule has 2 N–H and O–H groups in total. The molecule has 3 nitrogen and oxygen atoms in total. The number of thiocarbonyl (C=S) groups is 1. The van der Waals surface area contributed by atoms with Crippen LogP contribution in [0.1, 0.15) is 37.4 Å². The zero-order chi connectivity index (χ0) is 16.7. The fourth-order valence-corrected chi connectivity index (χ4v) is 2.70. The fourth-order valence-electron chi connectivity index (χ4n) is 2.41. The first-order chi connectivity index (χ1) is 11.1. The molecule has 0 aliphatic rings. The normalized spacial score (nSPS) is 11.6. The predicted octanol–water partition coefficient (Wildman–Crippen LogP) is 4.70. The first kappa shape index (κ1) is 17.3. The Balaban J connectivity index is 1.93. The molecule has 0 aromatic heterocycles. The van der Waals surface area contributed by atoms with Gasteiger partial charge in [0.05, 0.1) is 13.2 Å². The largest absolute Gasteiger partial charge is 0.497 e. The van der Waals surface area contributed by atoms with Crippen LogP contribution in [0.5, 0.6) is 5.75 Å². The van der Waals surface area contributed by atoms with Gasteiger partial charge in [0.25, 0.3) is 0 Å². The zero-order valence-corrected chi connectivity index (χ0v) is 14.7. The molecule has 0 radical (unpaired) electrons. The molecule has 0 saturated carbocycles. The SMILES string of the molecule is CCCc1ccc(C(C)NC(=S)Nc2cccc(OC)c2)cc1. The molecule has 0 fully saturated rings. The van der Waals surface area contributed by atoms with Crippen molar-refractivity contribution in [3.05, 3.63) is 59.7 Å². The predicted molar refractivity (Wildman–Crippen MR) is 101 cm³/mol. The van der Waals surface area contributed by atoms with Gasteiger partial charge in [-0.1, -0.05) is 43.7 Å². The highest BCUT2D eigenvalue weighted by Crippen LogP contribution is 2.18. The van der Waals surface area contributed by atoms with Crippen molar-refractivity contribution in [1.29, 1.82) is 0 Å². The molecule has 0 bridgehead atoms. The van der Waals surface area contributed by atoms with E-state index >= 15 is 0 Å². The average Bonchev–Trinajstić information content (AvgIpc) is 2.55. The summed E-state index contributed by atoms with van der Waals surface area (Å²) < 4.78 is 5.21. The molecule has 2 rings (SSSR count). The maximum absolute atomic E-state index is 5.40. The summed E-state index contributed by atoms with van der Waals surface area (Å²) in [6.07, 6.45) is 2.29. The van der Waals surface area contributed by atoms with Crippen molar-refractivity contribution >= 4 is 23.0 Å². The summed E-state index contributed by atoms with van der Waals surface area (Å²) in [4.78, 5) is 0. The van der Waals surface area contributed by atoms with Crippen LogP contribution >= 0.6 is 12.2 Å². The molecular weight excluding hydrogens is 304 g/mol. The van der Waals surface area contributed by atoms with Gasteiger partial charge in [-0.25, -0.2) is 0 Å². The summed E-state index contributed by atoms with van der Waals surface area (Å²) in [5, 5.41) is 7.10. The van der Waals surface area contributed by atoms with Gasteiger partial charge in [0.1, 0.15) is 5.75 Å². The van der Waals surface area contributed by atoms with Gasteiger partial charge < -0.3 is 15.4 Å². The summed E-state index contributed by atoms with van der Waals surface area (Å²) in [5.41, 5.74) is 3.51. The first-order valence-electron chi connectivity index (χ1n) is 7.92. The Labute approximate surface area is 144 Å². The van der Waals surface area contributed by atoms with E-state index < -0.39 is 0 Å². The first-order valence-corrected chi connectivity index (χ1v) is 8.33. The summed E-state index contributed by atoms with van der Waals surface area (Å²) in [6, 6.07) is 16.6. The average molecular weight is 328 g/mol. The van der Waals surface area contributed by atoms with Crippen molar-refractivity contribution < 1.29 is 4.74 Å². The summed E-state index contributed by atoms with van der Waals surface area (Å²) in [7, 11) is 1.65. The third kappa shape index (κ3) is 5.25. The van der Waals surface area contributed by atoms with Crippen LogP contribution in [-0.4, -0.2) is 12.2 Å². The highest BCUT2D eigenvalue weighted by molar-refractivity contribution is 7.80. The topological polar surface area (TPSA) is 33.3 Å². The van der Waals surface area contributed by atoms with E-state index in [1.807, 2.05) is 24.3 Å². The highest BCUT2D eigenvalue weighted by Gasteiger charge is 2.07. The van der Waals surface area contributed by atoms with Crippen LogP contribution in [-0.2, 0) is 6.42 Å². The van der Waals surface area contributed by atoms with Crippen LogP contribution in [0, 0.1) is 0 Å².